The zero-order valence-electron chi connectivity index (χ0n) is 21.2. The van der Waals surface area contributed by atoms with Gasteiger partial charge in [-0.1, -0.05) is 36.3 Å². The van der Waals surface area contributed by atoms with Gasteiger partial charge in [0, 0.05) is 19.1 Å². The minimum absolute atomic E-state index is 0.0816. The van der Waals surface area contributed by atoms with E-state index in [9.17, 15) is 13.5 Å². The number of hydrogen-bond acceptors (Lipinski definition) is 11. The highest BCUT2D eigenvalue weighted by atomic mass is 32.2. The lowest BCUT2D eigenvalue weighted by molar-refractivity contribution is 0.286. The van der Waals surface area contributed by atoms with Crippen molar-refractivity contribution in [2.75, 3.05) is 31.2 Å². The van der Waals surface area contributed by atoms with E-state index in [4.69, 9.17) is 19.7 Å². The van der Waals surface area contributed by atoms with E-state index in [2.05, 4.69) is 37.4 Å². The van der Waals surface area contributed by atoms with Gasteiger partial charge in [0.05, 0.1) is 18.6 Å². The molecule has 3 aromatic heterocycles. The molecule has 1 unspecified atom stereocenters. The summed E-state index contributed by atoms with van der Waals surface area (Å²) < 4.78 is 44.3. The fourth-order valence-corrected chi connectivity index (χ4v) is 4.53. The van der Waals surface area contributed by atoms with Gasteiger partial charge in [0.25, 0.3) is 10.1 Å². The summed E-state index contributed by atoms with van der Waals surface area (Å²) in [5.41, 5.74) is 8.68. The number of nitrogens with two attached hydrogens (primary N) is 1. The molecule has 39 heavy (non-hydrogen) atoms. The summed E-state index contributed by atoms with van der Waals surface area (Å²) in [5.74, 6) is 5.96. The second kappa shape index (κ2) is 12.7. The molecule has 4 aromatic rings. The first-order chi connectivity index (χ1) is 18.8. The van der Waals surface area contributed by atoms with Gasteiger partial charge in [-0.2, -0.15) is 8.42 Å². The summed E-state index contributed by atoms with van der Waals surface area (Å²) in [6, 6.07) is 9.65. The minimum Gasteiger partial charge on any atom is -0.490 e. The number of ether oxygens (including phenoxy) is 1. The molecule has 14 heteroatoms. The van der Waals surface area contributed by atoms with Gasteiger partial charge in [-0.25, -0.2) is 14.6 Å². The van der Waals surface area contributed by atoms with E-state index in [0.717, 1.165) is 5.56 Å². The van der Waals surface area contributed by atoms with Crippen LogP contribution < -0.4 is 15.8 Å². The Labute approximate surface area is 225 Å². The molecule has 13 nitrogen and oxygen atoms in total. The molecule has 0 bridgehead atoms. The van der Waals surface area contributed by atoms with Gasteiger partial charge in [-0.05, 0) is 41.6 Å². The number of aliphatic hydroxyl groups is 1. The first-order valence-corrected chi connectivity index (χ1v) is 13.8. The number of nitrogen functional groups attached to an aromatic ring is 1. The Balaban J connectivity index is 1.60. The van der Waals surface area contributed by atoms with Gasteiger partial charge in [0.2, 0.25) is 0 Å². The summed E-state index contributed by atoms with van der Waals surface area (Å²) in [5, 5.41) is 19.9. The molecule has 0 fully saturated rings. The molecular formula is C25H29N7O6S. The van der Waals surface area contributed by atoms with Crippen LogP contribution in [0.5, 0.6) is 5.75 Å². The SMILES string of the molecule is CCn1c(-c2nonc2N)nc2c(C#CCO)ncc(OCCC(Cc3ccccc3)NCCS(=O)(=O)O)c21. The maximum Gasteiger partial charge on any atom is 0.266 e. The molecule has 0 aliphatic rings. The summed E-state index contributed by atoms with van der Waals surface area (Å²) >= 11 is 0. The van der Waals surface area contributed by atoms with Crippen LogP contribution in [-0.2, 0) is 23.1 Å². The molecular weight excluding hydrogens is 526 g/mol. The number of nitrogens with one attached hydrogen (secondary N) is 1. The van der Waals surface area contributed by atoms with Crippen LogP contribution >= 0.6 is 0 Å². The third kappa shape index (κ3) is 7.09. The van der Waals surface area contributed by atoms with E-state index in [1.807, 2.05) is 41.8 Å². The number of fused-ring (bicyclic) bond motifs is 1. The highest BCUT2D eigenvalue weighted by Gasteiger charge is 2.23. The van der Waals surface area contributed by atoms with E-state index in [-0.39, 0.29) is 37.3 Å². The quantitative estimate of drug-likeness (QED) is 0.145. The molecule has 0 aliphatic heterocycles. The molecule has 206 valence electrons. The van der Waals surface area contributed by atoms with Crippen molar-refractivity contribution in [2.24, 2.45) is 0 Å². The molecule has 0 radical (unpaired) electrons. The Morgan fingerprint density at radius 2 is 2.05 bits per heavy atom. The zero-order chi connectivity index (χ0) is 27.8. The molecule has 0 spiro atoms. The van der Waals surface area contributed by atoms with E-state index >= 15 is 0 Å². The standard InChI is InChI=1S/C25H29N7O6S/c1-2-32-23-20(16-28-19(9-6-12-33)21(23)29-25(32)22-24(26)31-38-30-22)37-13-10-18(27-11-14-39(34,35)36)15-17-7-4-3-5-8-17/h3-5,7-8,16,18,27,33H,2,10-15H2,1H3,(H2,26,31)(H,34,35,36). The minimum atomic E-state index is -4.08. The lowest BCUT2D eigenvalue weighted by Gasteiger charge is -2.19. The first-order valence-electron chi connectivity index (χ1n) is 12.2. The fraction of sp³-hybridized carbons (Fsp3) is 0.360. The van der Waals surface area contributed by atoms with Crippen LogP contribution in [0.15, 0.2) is 41.2 Å². The Kier molecular flexibility index (Phi) is 9.10. The van der Waals surface area contributed by atoms with E-state index in [1.54, 1.807) is 6.20 Å². The molecule has 0 amide bonds. The fourth-order valence-electron chi connectivity index (χ4n) is 4.15. The largest absolute Gasteiger partial charge is 0.490 e. The second-order valence-electron chi connectivity index (χ2n) is 8.57. The van der Waals surface area contributed by atoms with Crippen LogP contribution in [0.3, 0.4) is 0 Å². The lowest BCUT2D eigenvalue weighted by atomic mass is 10.0. The van der Waals surface area contributed by atoms with Crippen molar-refractivity contribution in [2.45, 2.75) is 32.4 Å². The molecule has 0 aliphatic carbocycles. The molecule has 3 heterocycles. The summed E-state index contributed by atoms with van der Waals surface area (Å²) in [6.45, 7) is 2.44. The topological polar surface area (TPSA) is 192 Å². The number of imidazole rings is 1. The van der Waals surface area contributed by atoms with Gasteiger partial charge in [-0.15, -0.1) is 0 Å². The van der Waals surface area contributed by atoms with Crippen LogP contribution in [0.25, 0.3) is 22.6 Å². The maximum atomic E-state index is 11.2. The Bertz CT molecular complexity index is 1570. The van der Waals surface area contributed by atoms with Crippen molar-refractivity contribution in [1.29, 1.82) is 0 Å². The van der Waals surface area contributed by atoms with Crippen molar-refractivity contribution in [3.63, 3.8) is 0 Å². The van der Waals surface area contributed by atoms with Gasteiger partial charge >= 0.3 is 0 Å². The normalized spacial score (nSPS) is 12.3. The van der Waals surface area contributed by atoms with Gasteiger partial charge in [0.1, 0.15) is 23.3 Å². The first kappa shape index (κ1) is 28.0. The van der Waals surface area contributed by atoms with E-state index < -0.39 is 15.9 Å². The molecule has 0 saturated carbocycles. The van der Waals surface area contributed by atoms with Crippen molar-refractivity contribution >= 4 is 27.0 Å². The Morgan fingerprint density at radius 3 is 2.72 bits per heavy atom. The van der Waals surface area contributed by atoms with Gasteiger partial charge < -0.3 is 25.5 Å². The predicted molar refractivity (Wildman–Crippen MR) is 143 cm³/mol. The predicted octanol–water partition coefficient (Wildman–Crippen LogP) is 1.28. The van der Waals surface area contributed by atoms with Crippen LogP contribution in [0.2, 0.25) is 0 Å². The third-order valence-electron chi connectivity index (χ3n) is 5.91. The smallest absolute Gasteiger partial charge is 0.266 e. The number of pyridine rings is 1. The molecule has 4 rings (SSSR count). The summed E-state index contributed by atoms with van der Waals surface area (Å²) in [6.07, 6.45) is 2.71. The number of aliphatic hydroxyl groups excluding tert-OH is 1. The number of aromatic nitrogens is 5. The highest BCUT2D eigenvalue weighted by Crippen LogP contribution is 2.33. The average Bonchev–Trinajstić information content (AvgIpc) is 3.51. The number of nitrogens with zero attached hydrogens (tertiary/aromatic N) is 5. The van der Waals surface area contributed by atoms with Crippen LogP contribution in [0.4, 0.5) is 5.82 Å². The molecule has 1 atom stereocenters. The van der Waals surface area contributed by atoms with Crippen LogP contribution in [-0.4, -0.2) is 74.5 Å². The van der Waals surface area contributed by atoms with Crippen molar-refractivity contribution in [3.8, 4) is 29.1 Å². The average molecular weight is 556 g/mol. The lowest BCUT2D eigenvalue weighted by Crippen LogP contribution is -2.36. The zero-order valence-corrected chi connectivity index (χ0v) is 22.1. The highest BCUT2D eigenvalue weighted by molar-refractivity contribution is 7.85. The number of benzene rings is 1. The summed E-state index contributed by atoms with van der Waals surface area (Å²) in [4.78, 5) is 9.06. The monoisotopic (exact) mass is 555 g/mol. The molecule has 5 N–H and O–H groups in total. The van der Waals surface area contributed by atoms with Crippen molar-refractivity contribution in [1.82, 2.24) is 30.2 Å². The number of hydrogen-bond donors (Lipinski definition) is 4. The van der Waals surface area contributed by atoms with E-state index in [0.29, 0.717) is 47.7 Å². The Hall–Kier alpha value is -4.03. The molecule has 1 aromatic carbocycles. The number of anilines is 1. The Morgan fingerprint density at radius 1 is 1.26 bits per heavy atom. The van der Waals surface area contributed by atoms with Gasteiger partial charge in [-0.3, -0.25) is 4.55 Å². The number of rotatable bonds is 12. The molecule has 0 saturated heterocycles. The van der Waals surface area contributed by atoms with E-state index in [1.165, 1.54) is 0 Å². The number of aryl methyl sites for hydroxylation is 1. The van der Waals surface area contributed by atoms with Gasteiger partial charge in [0.15, 0.2) is 23.1 Å². The summed E-state index contributed by atoms with van der Waals surface area (Å²) in [7, 11) is -4.08. The van der Waals surface area contributed by atoms with Crippen molar-refractivity contribution < 1.29 is 27.4 Å². The third-order valence-corrected chi connectivity index (χ3v) is 6.63. The maximum absolute atomic E-state index is 11.2. The second-order valence-corrected chi connectivity index (χ2v) is 10.1. The van der Waals surface area contributed by atoms with Crippen LogP contribution in [0, 0.1) is 11.8 Å². The van der Waals surface area contributed by atoms with Crippen molar-refractivity contribution in [3.05, 3.63) is 47.8 Å². The van der Waals surface area contributed by atoms with Crippen LogP contribution in [0.1, 0.15) is 24.6 Å².